The van der Waals surface area contributed by atoms with Crippen LogP contribution in [0, 0.1) is 13.8 Å². The first kappa shape index (κ1) is 16.5. The minimum atomic E-state index is 0.0335. The van der Waals surface area contributed by atoms with Gasteiger partial charge in [0, 0.05) is 44.5 Å². The number of amides is 1. The molecule has 128 valence electrons. The van der Waals surface area contributed by atoms with Gasteiger partial charge in [-0.2, -0.15) is 5.10 Å². The van der Waals surface area contributed by atoms with Crippen LogP contribution in [0.3, 0.4) is 0 Å². The molecule has 1 saturated heterocycles. The quantitative estimate of drug-likeness (QED) is 0.883. The van der Waals surface area contributed by atoms with E-state index in [-0.39, 0.29) is 5.91 Å². The van der Waals surface area contributed by atoms with Gasteiger partial charge in [-0.15, -0.1) is 0 Å². The molecule has 1 N–H and O–H groups in total. The van der Waals surface area contributed by atoms with E-state index >= 15 is 0 Å². The van der Waals surface area contributed by atoms with Crippen LogP contribution in [0.25, 0.3) is 0 Å². The zero-order valence-corrected chi connectivity index (χ0v) is 14.5. The van der Waals surface area contributed by atoms with Crippen LogP contribution in [-0.4, -0.2) is 33.8 Å². The molecule has 2 aromatic heterocycles. The van der Waals surface area contributed by atoms with E-state index in [9.17, 15) is 4.79 Å². The van der Waals surface area contributed by atoms with E-state index in [2.05, 4.69) is 20.3 Å². The van der Waals surface area contributed by atoms with Gasteiger partial charge in [0.15, 0.2) is 0 Å². The first-order chi connectivity index (χ1) is 11.6. The summed E-state index contributed by atoms with van der Waals surface area (Å²) in [6, 6.07) is 6.11. The standard InChI is InChI=1S/C18H25N5O/c1-14-11-15(2)23(21-14)10-7-18(24)20-13-16-5-6-17(19-12-16)22-8-3-4-9-22/h5-6,11-12H,3-4,7-10,13H2,1-2H3,(H,20,24). The third kappa shape index (κ3) is 4.13. The maximum atomic E-state index is 12.0. The number of carbonyl (C=O) groups is 1. The molecule has 3 heterocycles. The molecule has 24 heavy (non-hydrogen) atoms. The van der Waals surface area contributed by atoms with Crippen molar-refractivity contribution in [1.82, 2.24) is 20.1 Å². The van der Waals surface area contributed by atoms with Crippen LogP contribution in [0.5, 0.6) is 0 Å². The third-order valence-corrected chi connectivity index (χ3v) is 4.38. The van der Waals surface area contributed by atoms with E-state index in [0.717, 1.165) is 35.9 Å². The SMILES string of the molecule is Cc1cc(C)n(CCC(=O)NCc2ccc(N3CCCC3)nc2)n1. The first-order valence-corrected chi connectivity index (χ1v) is 8.59. The largest absolute Gasteiger partial charge is 0.357 e. The maximum absolute atomic E-state index is 12.0. The lowest BCUT2D eigenvalue weighted by atomic mass is 10.2. The van der Waals surface area contributed by atoms with Gasteiger partial charge in [-0.05, 0) is 44.4 Å². The Kier molecular flexibility index (Phi) is 5.13. The fourth-order valence-corrected chi connectivity index (χ4v) is 3.05. The minimum Gasteiger partial charge on any atom is -0.357 e. The zero-order chi connectivity index (χ0) is 16.9. The minimum absolute atomic E-state index is 0.0335. The topological polar surface area (TPSA) is 63.1 Å². The molecular formula is C18H25N5O. The number of rotatable bonds is 6. The highest BCUT2D eigenvalue weighted by Crippen LogP contribution is 2.17. The fourth-order valence-electron chi connectivity index (χ4n) is 3.05. The Labute approximate surface area is 142 Å². The molecule has 0 saturated carbocycles. The molecule has 1 amide bonds. The number of hydrogen-bond donors (Lipinski definition) is 1. The van der Waals surface area contributed by atoms with Crippen LogP contribution in [0.15, 0.2) is 24.4 Å². The average molecular weight is 327 g/mol. The Morgan fingerprint density at radius 2 is 2.04 bits per heavy atom. The molecule has 0 aromatic carbocycles. The smallest absolute Gasteiger partial charge is 0.222 e. The van der Waals surface area contributed by atoms with Gasteiger partial charge in [-0.1, -0.05) is 6.07 Å². The Balaban J connectivity index is 1.44. The van der Waals surface area contributed by atoms with E-state index in [4.69, 9.17) is 0 Å². The van der Waals surface area contributed by atoms with Crippen LogP contribution in [0.4, 0.5) is 5.82 Å². The van der Waals surface area contributed by atoms with Crippen molar-refractivity contribution < 1.29 is 4.79 Å². The second kappa shape index (κ2) is 7.47. The van der Waals surface area contributed by atoms with Crippen molar-refractivity contribution in [2.24, 2.45) is 0 Å². The summed E-state index contributed by atoms with van der Waals surface area (Å²) in [6.07, 6.45) is 4.78. The monoisotopic (exact) mass is 327 g/mol. The summed E-state index contributed by atoms with van der Waals surface area (Å²) >= 11 is 0. The number of anilines is 1. The number of aromatic nitrogens is 3. The highest BCUT2D eigenvalue weighted by Gasteiger charge is 2.13. The van der Waals surface area contributed by atoms with Crippen LogP contribution in [-0.2, 0) is 17.9 Å². The van der Waals surface area contributed by atoms with Crippen LogP contribution in [0.2, 0.25) is 0 Å². The molecule has 0 aliphatic carbocycles. The van der Waals surface area contributed by atoms with Gasteiger partial charge in [0.2, 0.25) is 5.91 Å². The van der Waals surface area contributed by atoms with E-state index in [1.165, 1.54) is 12.8 Å². The number of aryl methyl sites for hydroxylation is 3. The summed E-state index contributed by atoms with van der Waals surface area (Å²) in [4.78, 5) is 18.8. The molecule has 6 heteroatoms. The van der Waals surface area contributed by atoms with Crippen molar-refractivity contribution in [3.05, 3.63) is 41.3 Å². The molecular weight excluding hydrogens is 302 g/mol. The normalized spacial score (nSPS) is 14.2. The van der Waals surface area contributed by atoms with Crippen molar-refractivity contribution in [3.63, 3.8) is 0 Å². The molecule has 3 rings (SSSR count). The summed E-state index contributed by atoms with van der Waals surface area (Å²) in [7, 11) is 0. The number of pyridine rings is 1. The van der Waals surface area contributed by atoms with Gasteiger partial charge in [-0.25, -0.2) is 4.98 Å². The van der Waals surface area contributed by atoms with Gasteiger partial charge in [0.05, 0.1) is 5.69 Å². The van der Waals surface area contributed by atoms with Crippen molar-refractivity contribution in [1.29, 1.82) is 0 Å². The highest BCUT2D eigenvalue weighted by molar-refractivity contribution is 5.75. The Bertz CT molecular complexity index is 686. The van der Waals surface area contributed by atoms with Crippen molar-refractivity contribution >= 4 is 11.7 Å². The van der Waals surface area contributed by atoms with E-state index in [1.54, 1.807) is 0 Å². The lowest BCUT2D eigenvalue weighted by molar-refractivity contribution is -0.121. The molecule has 0 bridgehead atoms. The summed E-state index contributed by atoms with van der Waals surface area (Å²) < 4.78 is 1.88. The summed E-state index contributed by atoms with van der Waals surface area (Å²) in [5.41, 5.74) is 3.09. The predicted molar refractivity (Wildman–Crippen MR) is 93.8 cm³/mol. The number of carbonyl (C=O) groups excluding carboxylic acids is 1. The van der Waals surface area contributed by atoms with Crippen molar-refractivity contribution in [3.8, 4) is 0 Å². The average Bonchev–Trinajstić information content (AvgIpc) is 3.21. The van der Waals surface area contributed by atoms with E-state index in [0.29, 0.717) is 19.5 Å². The maximum Gasteiger partial charge on any atom is 0.222 e. The van der Waals surface area contributed by atoms with Gasteiger partial charge >= 0.3 is 0 Å². The van der Waals surface area contributed by atoms with E-state index < -0.39 is 0 Å². The molecule has 0 unspecified atom stereocenters. The van der Waals surface area contributed by atoms with Gasteiger partial charge < -0.3 is 10.2 Å². The molecule has 0 radical (unpaired) electrons. The number of nitrogens with one attached hydrogen (secondary N) is 1. The van der Waals surface area contributed by atoms with Crippen LogP contribution >= 0.6 is 0 Å². The number of nitrogens with zero attached hydrogens (tertiary/aromatic N) is 4. The summed E-state index contributed by atoms with van der Waals surface area (Å²) in [6.45, 7) is 7.28. The van der Waals surface area contributed by atoms with E-state index in [1.807, 2.05) is 42.9 Å². The van der Waals surface area contributed by atoms with Crippen LogP contribution in [0.1, 0.15) is 36.2 Å². The second-order valence-corrected chi connectivity index (χ2v) is 6.40. The van der Waals surface area contributed by atoms with Crippen molar-refractivity contribution in [2.45, 2.75) is 46.2 Å². The summed E-state index contributed by atoms with van der Waals surface area (Å²) in [5, 5.41) is 7.32. The molecule has 6 nitrogen and oxygen atoms in total. The Morgan fingerprint density at radius 1 is 1.25 bits per heavy atom. The lowest BCUT2D eigenvalue weighted by Gasteiger charge is -2.16. The van der Waals surface area contributed by atoms with Gasteiger partial charge in [-0.3, -0.25) is 9.48 Å². The summed E-state index contributed by atoms with van der Waals surface area (Å²) in [5.74, 6) is 1.07. The zero-order valence-electron chi connectivity index (χ0n) is 14.5. The fraction of sp³-hybridized carbons (Fsp3) is 0.500. The molecule has 1 aliphatic heterocycles. The Hall–Kier alpha value is -2.37. The van der Waals surface area contributed by atoms with Crippen LogP contribution < -0.4 is 10.2 Å². The lowest BCUT2D eigenvalue weighted by Crippen LogP contribution is -2.24. The third-order valence-electron chi connectivity index (χ3n) is 4.38. The highest BCUT2D eigenvalue weighted by atomic mass is 16.1. The first-order valence-electron chi connectivity index (χ1n) is 8.59. The molecule has 0 atom stereocenters. The molecule has 1 fully saturated rings. The second-order valence-electron chi connectivity index (χ2n) is 6.40. The predicted octanol–water partition coefficient (Wildman–Crippen LogP) is 2.20. The van der Waals surface area contributed by atoms with Gasteiger partial charge in [0.1, 0.15) is 5.82 Å². The molecule has 2 aromatic rings. The van der Waals surface area contributed by atoms with Crippen molar-refractivity contribution in [2.75, 3.05) is 18.0 Å². The van der Waals surface area contributed by atoms with Gasteiger partial charge in [0.25, 0.3) is 0 Å². The molecule has 1 aliphatic rings. The Morgan fingerprint density at radius 3 is 2.67 bits per heavy atom. The molecule has 0 spiro atoms. The number of hydrogen-bond acceptors (Lipinski definition) is 4.